The smallest absolute Gasteiger partial charge is 0.119 e. The summed E-state index contributed by atoms with van der Waals surface area (Å²) in [4.78, 5) is 0. The van der Waals surface area contributed by atoms with Crippen LogP contribution in [0.25, 0.3) is 22.3 Å². The van der Waals surface area contributed by atoms with E-state index in [9.17, 15) is 5.11 Å². The minimum absolute atomic E-state index is 0.142. The molecule has 1 aliphatic rings. The Bertz CT molecular complexity index is 1090. The van der Waals surface area contributed by atoms with E-state index < -0.39 is 8.07 Å². The highest BCUT2D eigenvalue weighted by Crippen LogP contribution is 2.27. The van der Waals surface area contributed by atoms with Gasteiger partial charge >= 0.3 is 0 Å². The number of aliphatic hydroxyl groups excluding tert-OH is 1. The third-order valence-corrected chi connectivity index (χ3v) is 11.1. The molecule has 4 rings (SSSR count). The third kappa shape index (κ3) is 8.53. The van der Waals surface area contributed by atoms with Crippen molar-refractivity contribution in [1.29, 1.82) is 0 Å². The van der Waals surface area contributed by atoms with E-state index >= 15 is 0 Å². The summed E-state index contributed by atoms with van der Waals surface area (Å²) in [7, 11) is -1.34. The average Bonchev–Trinajstić information content (AvgIpc) is 3.78. The lowest BCUT2D eigenvalue weighted by molar-refractivity contribution is 0.0580. The molecule has 0 amide bonds. The first-order valence-corrected chi connectivity index (χ1v) is 17.4. The van der Waals surface area contributed by atoms with E-state index in [4.69, 9.17) is 14.2 Å². The van der Waals surface area contributed by atoms with Crippen molar-refractivity contribution in [2.45, 2.75) is 57.8 Å². The summed E-state index contributed by atoms with van der Waals surface area (Å²) in [5, 5.41) is 11.1. The van der Waals surface area contributed by atoms with Crippen LogP contribution in [0.5, 0.6) is 5.75 Å². The Labute approximate surface area is 230 Å². The number of aliphatic hydroxyl groups is 1. The van der Waals surface area contributed by atoms with Crippen molar-refractivity contribution >= 4 is 13.3 Å². The summed E-state index contributed by atoms with van der Waals surface area (Å²) >= 11 is 0. The molecule has 38 heavy (non-hydrogen) atoms. The van der Waals surface area contributed by atoms with Gasteiger partial charge in [-0.2, -0.15) is 0 Å². The molecule has 5 heteroatoms. The van der Waals surface area contributed by atoms with Gasteiger partial charge in [0, 0.05) is 12.5 Å². The van der Waals surface area contributed by atoms with Gasteiger partial charge in [-0.1, -0.05) is 105 Å². The Morgan fingerprint density at radius 3 is 1.95 bits per heavy atom. The second-order valence-corrected chi connectivity index (χ2v) is 16.0. The van der Waals surface area contributed by atoms with Crippen LogP contribution in [0.1, 0.15) is 32.6 Å². The van der Waals surface area contributed by atoms with Gasteiger partial charge in [-0.25, -0.2) is 0 Å². The van der Waals surface area contributed by atoms with Crippen LogP contribution < -0.4 is 9.92 Å². The molecule has 0 saturated carbocycles. The molecular weight excluding hydrogens is 488 g/mol. The highest BCUT2D eigenvalue weighted by atomic mass is 28.3. The Hall–Kier alpha value is -2.44. The zero-order valence-corrected chi connectivity index (χ0v) is 24.3. The molecule has 2 unspecified atom stereocenters. The first-order valence-electron chi connectivity index (χ1n) is 14.2. The SMILES string of the molecule is CCCC[Si](C)(C)c1ccc(-c2ccc(-c3ccc(OCCCC(CO)COCC4CO4)cc3)cc2)cc1. The lowest BCUT2D eigenvalue weighted by Crippen LogP contribution is -2.40. The van der Waals surface area contributed by atoms with Gasteiger partial charge in [0.2, 0.25) is 0 Å². The van der Waals surface area contributed by atoms with Gasteiger partial charge in [0.1, 0.15) is 11.9 Å². The minimum atomic E-state index is -1.34. The monoisotopic (exact) mass is 532 g/mol. The quantitative estimate of drug-likeness (QED) is 0.124. The van der Waals surface area contributed by atoms with Crippen molar-refractivity contribution in [3.63, 3.8) is 0 Å². The second kappa shape index (κ2) is 14.1. The lowest BCUT2D eigenvalue weighted by atomic mass is 10.0. The summed E-state index contributed by atoms with van der Waals surface area (Å²) in [6.45, 7) is 10.0. The molecule has 0 radical (unpaired) electrons. The van der Waals surface area contributed by atoms with Gasteiger partial charge in [-0.05, 0) is 47.2 Å². The second-order valence-electron chi connectivity index (χ2n) is 11.2. The van der Waals surface area contributed by atoms with Crippen LogP contribution in [0, 0.1) is 5.92 Å². The van der Waals surface area contributed by atoms with E-state index in [0.29, 0.717) is 19.8 Å². The molecule has 4 nitrogen and oxygen atoms in total. The van der Waals surface area contributed by atoms with E-state index in [1.807, 2.05) is 12.1 Å². The molecule has 0 aliphatic carbocycles. The first kappa shape index (κ1) is 28.6. The van der Waals surface area contributed by atoms with Gasteiger partial charge in [-0.3, -0.25) is 0 Å². The number of epoxide rings is 1. The molecule has 0 bridgehead atoms. The standard InChI is InChI=1S/C33H44O4Si/c1-4-5-21-38(2,3)33-18-14-30(15-19-33)28-10-8-27(9-11-28)29-12-16-31(17-13-29)36-20-6-7-26(22-34)23-35-24-32-25-37-32/h8-19,26,32,34H,4-7,20-25H2,1-3H3. The Balaban J connectivity index is 1.24. The maximum atomic E-state index is 9.56. The van der Waals surface area contributed by atoms with E-state index in [0.717, 1.165) is 25.2 Å². The van der Waals surface area contributed by atoms with Gasteiger partial charge in [0.05, 0.1) is 34.5 Å². The number of unbranched alkanes of at least 4 members (excludes halogenated alkanes) is 1. The first-order chi connectivity index (χ1) is 18.5. The van der Waals surface area contributed by atoms with Crippen LogP contribution in [-0.2, 0) is 9.47 Å². The lowest BCUT2D eigenvalue weighted by Gasteiger charge is -2.23. The number of rotatable bonds is 16. The van der Waals surface area contributed by atoms with Crippen molar-refractivity contribution in [1.82, 2.24) is 0 Å². The fraction of sp³-hybridized carbons (Fsp3) is 0.455. The van der Waals surface area contributed by atoms with Crippen LogP contribution >= 0.6 is 0 Å². The fourth-order valence-electron chi connectivity index (χ4n) is 4.80. The number of benzene rings is 3. The Kier molecular flexibility index (Phi) is 10.6. The molecule has 0 spiro atoms. The van der Waals surface area contributed by atoms with Crippen LogP contribution in [0.4, 0.5) is 0 Å². The summed E-state index contributed by atoms with van der Waals surface area (Å²) in [5.74, 6) is 1.03. The number of hydrogen-bond donors (Lipinski definition) is 1. The number of hydrogen-bond acceptors (Lipinski definition) is 4. The maximum absolute atomic E-state index is 9.56. The molecule has 1 fully saturated rings. The molecule has 1 saturated heterocycles. The summed E-state index contributed by atoms with van der Waals surface area (Å²) in [6, 6.07) is 27.8. The van der Waals surface area contributed by atoms with E-state index in [1.54, 1.807) is 5.19 Å². The van der Waals surface area contributed by atoms with E-state index in [-0.39, 0.29) is 18.6 Å². The minimum Gasteiger partial charge on any atom is -0.494 e. The molecule has 0 aromatic heterocycles. The maximum Gasteiger partial charge on any atom is 0.119 e. The highest BCUT2D eigenvalue weighted by molar-refractivity contribution is 6.89. The predicted molar refractivity (Wildman–Crippen MR) is 160 cm³/mol. The topological polar surface area (TPSA) is 51.2 Å². The molecule has 3 aromatic rings. The van der Waals surface area contributed by atoms with Crippen LogP contribution in [0.2, 0.25) is 19.1 Å². The van der Waals surface area contributed by atoms with Crippen LogP contribution in [-0.4, -0.2) is 52.3 Å². The van der Waals surface area contributed by atoms with Gasteiger partial charge < -0.3 is 19.3 Å². The van der Waals surface area contributed by atoms with Gasteiger partial charge in [-0.15, -0.1) is 0 Å². The van der Waals surface area contributed by atoms with Crippen molar-refractivity contribution in [2.75, 3.05) is 33.0 Å². The highest BCUT2D eigenvalue weighted by Gasteiger charge is 2.23. The zero-order chi connectivity index (χ0) is 26.8. The summed E-state index contributed by atoms with van der Waals surface area (Å²) in [5.41, 5.74) is 4.91. The molecule has 1 heterocycles. The Morgan fingerprint density at radius 2 is 1.42 bits per heavy atom. The third-order valence-electron chi connectivity index (χ3n) is 7.57. The molecule has 2 atom stereocenters. The summed E-state index contributed by atoms with van der Waals surface area (Å²) in [6.07, 6.45) is 4.64. The van der Waals surface area contributed by atoms with Crippen molar-refractivity contribution in [2.24, 2.45) is 5.92 Å². The van der Waals surface area contributed by atoms with Crippen molar-refractivity contribution in [3.05, 3.63) is 72.8 Å². The fourth-order valence-corrected chi connectivity index (χ4v) is 7.39. The van der Waals surface area contributed by atoms with Crippen molar-refractivity contribution in [3.8, 4) is 28.0 Å². The Morgan fingerprint density at radius 1 is 0.868 bits per heavy atom. The number of ether oxygens (including phenoxy) is 3. The van der Waals surface area contributed by atoms with E-state index in [1.165, 1.54) is 41.1 Å². The average molecular weight is 533 g/mol. The predicted octanol–water partition coefficient (Wildman–Crippen LogP) is 6.92. The normalized spacial score (nSPS) is 15.8. The van der Waals surface area contributed by atoms with Gasteiger partial charge in [0.25, 0.3) is 0 Å². The molecule has 1 N–H and O–H groups in total. The van der Waals surface area contributed by atoms with Crippen LogP contribution in [0.15, 0.2) is 72.8 Å². The van der Waals surface area contributed by atoms with Gasteiger partial charge in [0.15, 0.2) is 0 Å². The molecule has 3 aromatic carbocycles. The zero-order valence-electron chi connectivity index (χ0n) is 23.3. The summed E-state index contributed by atoms with van der Waals surface area (Å²) < 4.78 is 16.7. The largest absolute Gasteiger partial charge is 0.494 e. The van der Waals surface area contributed by atoms with E-state index in [2.05, 4.69) is 80.7 Å². The molecule has 204 valence electrons. The van der Waals surface area contributed by atoms with Crippen LogP contribution in [0.3, 0.4) is 0 Å². The molecular formula is C33H44O4Si. The van der Waals surface area contributed by atoms with Crippen molar-refractivity contribution < 1.29 is 19.3 Å². The molecule has 1 aliphatic heterocycles.